The molecule has 1 rings (SSSR count). The van der Waals surface area contributed by atoms with Gasteiger partial charge in [-0.25, -0.2) is 0 Å². The minimum Gasteiger partial charge on any atom is -0.319 e. The molecule has 0 N–H and O–H groups in total. The third-order valence-electron chi connectivity index (χ3n) is 1.46. The minimum absolute atomic E-state index is 0.618. The molecule has 1 aromatic carbocycles. The number of allylic oxidation sites excluding steroid dienone is 1. The highest BCUT2D eigenvalue weighted by molar-refractivity contribution is 6.06. The zero-order chi connectivity index (χ0) is 8.81. The molecule has 0 aliphatic carbocycles. The van der Waals surface area contributed by atoms with Gasteiger partial charge in [-0.3, -0.25) is 0 Å². The van der Waals surface area contributed by atoms with Crippen molar-refractivity contribution >= 4 is 11.9 Å². The molecule has 2 nitrogen and oxygen atoms in total. The predicted molar refractivity (Wildman–Crippen MR) is 47.9 cm³/mol. The molecule has 0 unspecified atom stereocenters. The maximum absolute atomic E-state index is 4.96. The van der Waals surface area contributed by atoms with Gasteiger partial charge in [0, 0.05) is 5.56 Å². The summed E-state index contributed by atoms with van der Waals surface area (Å²) in [5, 5.41) is 0. The molecule has 0 aliphatic rings. The number of para-hydroxylation sites is 1. The first-order valence-electron chi connectivity index (χ1n) is 3.52. The highest BCUT2D eigenvalue weighted by atomic mass is 35.5. The molecule has 0 saturated heterocycles. The van der Waals surface area contributed by atoms with Crippen LogP contribution in [0.4, 0.5) is 0 Å². The summed E-state index contributed by atoms with van der Waals surface area (Å²) >= 11 is 4.96. The van der Waals surface area contributed by atoms with Gasteiger partial charge in [0.25, 0.3) is 0 Å². The smallest absolute Gasteiger partial charge is 0.170 e. The van der Waals surface area contributed by atoms with Crippen LogP contribution in [0.3, 0.4) is 0 Å². The maximum Gasteiger partial charge on any atom is 0.170 e. The summed E-state index contributed by atoms with van der Waals surface area (Å²) in [7, 11) is 0. The van der Waals surface area contributed by atoms with Crippen molar-refractivity contribution in [3.8, 4) is 5.75 Å². The number of benzene rings is 1. The van der Waals surface area contributed by atoms with Crippen LogP contribution in [0.2, 0.25) is 0 Å². The first-order valence-corrected chi connectivity index (χ1v) is 3.83. The van der Waals surface area contributed by atoms with Gasteiger partial charge < -0.3 is 4.89 Å². The summed E-state index contributed by atoms with van der Waals surface area (Å²) in [6, 6.07) is 7.46. The Hall–Kier alpha value is -0.990. The van der Waals surface area contributed by atoms with Crippen molar-refractivity contribution in [3.05, 3.63) is 42.5 Å². The van der Waals surface area contributed by atoms with E-state index in [-0.39, 0.29) is 0 Å². The average molecular weight is 185 g/mol. The summed E-state index contributed by atoms with van der Waals surface area (Å²) in [5.41, 5.74) is 0.994. The van der Waals surface area contributed by atoms with Gasteiger partial charge in [0.05, 0.1) is 0 Å². The Morgan fingerprint density at radius 1 is 1.42 bits per heavy atom. The molecule has 0 aromatic heterocycles. The van der Waals surface area contributed by atoms with E-state index in [0.29, 0.717) is 5.75 Å². The van der Waals surface area contributed by atoms with Crippen molar-refractivity contribution in [1.82, 2.24) is 0 Å². The van der Waals surface area contributed by atoms with Crippen molar-refractivity contribution in [2.75, 3.05) is 0 Å². The first kappa shape index (κ1) is 9.10. The number of hydrogen-bond acceptors (Lipinski definition) is 2. The van der Waals surface area contributed by atoms with Crippen molar-refractivity contribution in [2.24, 2.45) is 0 Å². The topological polar surface area (TPSA) is 18.5 Å². The van der Waals surface area contributed by atoms with Gasteiger partial charge in [0.1, 0.15) is 11.9 Å². The van der Waals surface area contributed by atoms with E-state index in [9.17, 15) is 0 Å². The second kappa shape index (κ2) is 4.80. The molecular weight excluding hydrogens is 176 g/mol. The van der Waals surface area contributed by atoms with Crippen LogP contribution >= 0.6 is 11.9 Å². The summed E-state index contributed by atoms with van der Waals surface area (Å²) in [6.45, 7) is 3.63. The third-order valence-corrected chi connectivity index (χ3v) is 1.52. The Balaban J connectivity index is 2.83. The van der Waals surface area contributed by atoms with E-state index in [1.54, 1.807) is 12.1 Å². The lowest BCUT2D eigenvalue weighted by Gasteiger charge is -2.03. The lowest BCUT2D eigenvalue weighted by Crippen LogP contribution is -1.91. The van der Waals surface area contributed by atoms with Gasteiger partial charge in [0.2, 0.25) is 0 Å². The molecule has 0 saturated carbocycles. The van der Waals surface area contributed by atoms with E-state index < -0.39 is 0 Å². The van der Waals surface area contributed by atoms with Crippen LogP contribution in [0, 0.1) is 0 Å². The van der Waals surface area contributed by atoms with Crippen molar-refractivity contribution < 1.29 is 9.33 Å². The molecule has 0 bridgehead atoms. The summed E-state index contributed by atoms with van der Waals surface area (Å²) < 4.78 is 4.05. The van der Waals surface area contributed by atoms with Crippen molar-refractivity contribution in [3.63, 3.8) is 0 Å². The minimum atomic E-state index is 0.618. The van der Waals surface area contributed by atoms with E-state index in [1.807, 2.05) is 18.2 Å². The molecule has 12 heavy (non-hydrogen) atoms. The van der Waals surface area contributed by atoms with Gasteiger partial charge in [-0.1, -0.05) is 28.7 Å². The average Bonchev–Trinajstić information content (AvgIpc) is 2.09. The molecule has 0 radical (unpaired) electrons. The molecule has 0 spiro atoms. The van der Waals surface area contributed by atoms with Gasteiger partial charge in [-0.05, 0) is 12.5 Å². The van der Waals surface area contributed by atoms with E-state index >= 15 is 0 Å². The largest absolute Gasteiger partial charge is 0.319 e. The highest BCUT2D eigenvalue weighted by Gasteiger charge is 2.00. The van der Waals surface area contributed by atoms with E-state index in [2.05, 4.69) is 11.0 Å². The third kappa shape index (κ3) is 2.26. The predicted octanol–water partition coefficient (Wildman–Crippen LogP) is 2.88. The van der Waals surface area contributed by atoms with E-state index in [4.69, 9.17) is 16.8 Å². The standard InChI is InChI=1S/C9H9ClO2/c1-2-5-8-6-3-4-7-9(8)11-12-10/h2-4,6-7H,1,5H2. The van der Waals surface area contributed by atoms with Crippen LogP contribution in [-0.4, -0.2) is 0 Å². The first-order chi connectivity index (χ1) is 5.88. The molecule has 0 atom stereocenters. The Kier molecular flexibility index (Phi) is 3.64. The van der Waals surface area contributed by atoms with Crippen LogP contribution in [0.5, 0.6) is 5.75 Å². The van der Waals surface area contributed by atoms with Gasteiger partial charge >= 0.3 is 0 Å². The Morgan fingerprint density at radius 2 is 2.17 bits per heavy atom. The van der Waals surface area contributed by atoms with Crippen molar-refractivity contribution in [1.29, 1.82) is 0 Å². The number of hydrogen-bond donors (Lipinski definition) is 0. The molecule has 0 heterocycles. The lowest BCUT2D eigenvalue weighted by atomic mass is 10.1. The Labute approximate surface area is 76.5 Å². The van der Waals surface area contributed by atoms with Crippen LogP contribution in [0.15, 0.2) is 36.9 Å². The number of halogens is 1. The molecule has 64 valence electrons. The Bertz CT molecular complexity index is 260. The van der Waals surface area contributed by atoms with E-state index in [1.165, 1.54) is 0 Å². The summed E-state index contributed by atoms with van der Waals surface area (Å²) in [4.78, 5) is 4.71. The summed E-state index contributed by atoms with van der Waals surface area (Å²) in [6.07, 6.45) is 2.52. The second-order valence-electron chi connectivity index (χ2n) is 2.25. The normalized spacial score (nSPS) is 9.42. The molecular formula is C9H9ClO2. The fourth-order valence-corrected chi connectivity index (χ4v) is 1.01. The monoisotopic (exact) mass is 184 g/mol. The van der Waals surface area contributed by atoms with Crippen LogP contribution in [0.25, 0.3) is 0 Å². The molecule has 0 amide bonds. The fraction of sp³-hybridized carbons (Fsp3) is 0.111. The molecule has 3 heteroatoms. The zero-order valence-corrected chi connectivity index (χ0v) is 7.25. The molecule has 0 aliphatic heterocycles. The molecule has 1 aromatic rings. The lowest BCUT2D eigenvalue weighted by molar-refractivity contribution is -0.0925. The molecule has 0 fully saturated rings. The quantitative estimate of drug-likeness (QED) is 0.407. The van der Waals surface area contributed by atoms with E-state index in [0.717, 1.165) is 12.0 Å². The van der Waals surface area contributed by atoms with Gasteiger partial charge in [-0.15, -0.1) is 6.58 Å². The van der Waals surface area contributed by atoms with Crippen LogP contribution in [0.1, 0.15) is 5.56 Å². The SMILES string of the molecule is C=CCc1ccccc1OOCl. The number of rotatable bonds is 4. The highest BCUT2D eigenvalue weighted by Crippen LogP contribution is 2.19. The van der Waals surface area contributed by atoms with Crippen LogP contribution in [-0.2, 0) is 10.9 Å². The van der Waals surface area contributed by atoms with Crippen molar-refractivity contribution in [2.45, 2.75) is 6.42 Å². The zero-order valence-electron chi connectivity index (χ0n) is 6.50. The van der Waals surface area contributed by atoms with Crippen LogP contribution < -0.4 is 4.89 Å². The van der Waals surface area contributed by atoms with Gasteiger partial charge in [-0.2, -0.15) is 0 Å². The van der Waals surface area contributed by atoms with Gasteiger partial charge in [0.15, 0.2) is 5.75 Å². The second-order valence-corrected chi connectivity index (χ2v) is 2.37. The Morgan fingerprint density at radius 3 is 2.83 bits per heavy atom. The maximum atomic E-state index is 4.96. The summed E-state index contributed by atoms with van der Waals surface area (Å²) in [5.74, 6) is 0.618. The fourth-order valence-electron chi connectivity index (χ4n) is 0.943.